The van der Waals surface area contributed by atoms with E-state index in [4.69, 9.17) is 29.5 Å². The van der Waals surface area contributed by atoms with Crippen LogP contribution in [0.4, 0.5) is 9.93 Å². The van der Waals surface area contributed by atoms with Gasteiger partial charge < -0.3 is 39.7 Å². The van der Waals surface area contributed by atoms with Gasteiger partial charge in [0.05, 0.1) is 6.10 Å². The summed E-state index contributed by atoms with van der Waals surface area (Å²) in [7, 11) is 1.25. The maximum atomic E-state index is 13.2. The van der Waals surface area contributed by atoms with Crippen LogP contribution in [-0.4, -0.2) is 89.1 Å². The van der Waals surface area contributed by atoms with Crippen molar-refractivity contribution in [3.63, 3.8) is 0 Å². The van der Waals surface area contributed by atoms with Crippen LogP contribution in [-0.2, 0) is 43.0 Å². The molecule has 4 atom stereocenters. The van der Waals surface area contributed by atoms with Gasteiger partial charge >= 0.3 is 18.1 Å². The molecule has 39 heavy (non-hydrogen) atoms. The van der Waals surface area contributed by atoms with Gasteiger partial charge in [-0.1, -0.05) is 5.16 Å². The number of hydrogen-bond donors (Lipinski definition) is 2. The third kappa shape index (κ3) is 7.17. The van der Waals surface area contributed by atoms with Crippen molar-refractivity contribution in [1.82, 2.24) is 15.2 Å². The molecule has 0 bridgehead atoms. The average molecular weight is 586 g/mol. The number of carbonyl (C=O) groups excluding carboxylic acids is 5. The van der Waals surface area contributed by atoms with Gasteiger partial charge in [-0.3, -0.25) is 14.4 Å². The zero-order valence-electron chi connectivity index (χ0n) is 21.6. The van der Waals surface area contributed by atoms with E-state index >= 15 is 0 Å². The number of nitrogen functional groups attached to an aromatic ring is 1. The lowest BCUT2D eigenvalue weighted by molar-refractivity contribution is -0.180. The Kier molecular flexibility index (Phi) is 9.74. The number of fused-ring (bicyclic) bond motifs is 1. The topological polar surface area (TPSA) is 198 Å². The van der Waals surface area contributed by atoms with Gasteiger partial charge in [0.15, 0.2) is 16.9 Å². The first-order chi connectivity index (χ1) is 18.4. The molecule has 15 nitrogen and oxygen atoms in total. The Labute approximate surface area is 231 Å². The van der Waals surface area contributed by atoms with E-state index in [9.17, 15) is 24.0 Å². The number of nitrogens with zero attached hydrogens (tertiary/aromatic N) is 3. The molecule has 0 aliphatic carbocycles. The minimum absolute atomic E-state index is 0.159. The van der Waals surface area contributed by atoms with Crippen LogP contribution in [0.2, 0.25) is 0 Å². The predicted molar refractivity (Wildman–Crippen MR) is 137 cm³/mol. The average Bonchev–Trinajstić information content (AvgIpc) is 3.28. The molecule has 1 saturated heterocycles. The van der Waals surface area contributed by atoms with Crippen molar-refractivity contribution in [1.29, 1.82) is 0 Å². The molecule has 1 aromatic rings. The number of carbonyl (C=O) groups is 5. The summed E-state index contributed by atoms with van der Waals surface area (Å²) in [5.41, 5.74) is 5.86. The fourth-order valence-electron chi connectivity index (χ4n) is 3.51. The minimum atomic E-state index is -1.35. The maximum Gasteiger partial charge on any atom is 0.511 e. The number of thiazole rings is 1. The van der Waals surface area contributed by atoms with Gasteiger partial charge in [0, 0.05) is 24.8 Å². The molecular weight excluding hydrogens is 558 g/mol. The number of nitrogens with one attached hydrogen (secondary N) is 1. The monoisotopic (exact) mass is 585 g/mol. The number of ether oxygens (including phenoxy) is 4. The Balaban J connectivity index is 1.76. The maximum absolute atomic E-state index is 13.2. The lowest BCUT2D eigenvalue weighted by Gasteiger charge is -2.51. The van der Waals surface area contributed by atoms with Crippen molar-refractivity contribution in [3.05, 3.63) is 22.1 Å². The number of oxime groups is 1. The van der Waals surface area contributed by atoms with Crippen LogP contribution in [0, 0.1) is 0 Å². The molecule has 3 rings (SSSR count). The molecule has 3 N–H and O–H groups in total. The molecule has 0 radical (unpaired) electrons. The molecule has 3 heterocycles. The van der Waals surface area contributed by atoms with Gasteiger partial charge in [-0.2, -0.15) is 0 Å². The number of nitrogens with two attached hydrogens (primary N) is 1. The smallest absolute Gasteiger partial charge is 0.461 e. The van der Waals surface area contributed by atoms with Crippen molar-refractivity contribution < 1.29 is 47.8 Å². The first-order valence-corrected chi connectivity index (χ1v) is 13.3. The normalized spacial score (nSPS) is 21.1. The molecule has 2 aliphatic rings. The van der Waals surface area contributed by atoms with Crippen LogP contribution in [0.5, 0.6) is 0 Å². The molecule has 0 spiro atoms. The molecule has 0 saturated carbocycles. The first kappa shape index (κ1) is 29.7. The fourth-order valence-corrected chi connectivity index (χ4v) is 5.27. The van der Waals surface area contributed by atoms with Crippen molar-refractivity contribution in [3.8, 4) is 0 Å². The SMILES string of the molecule is CO/N=C(\C(=O)N[C@@H]1C(=O)N2C(C(=O)OC(C)OC(=O)OC(C)C)C(COC(C)=O)=CS[C@H]12)c1csc(N)n1. The molecule has 17 heteroatoms. The van der Waals surface area contributed by atoms with Crippen LogP contribution in [0.1, 0.15) is 33.4 Å². The number of aromatic nitrogens is 1. The lowest BCUT2D eigenvalue weighted by atomic mass is 9.98. The highest BCUT2D eigenvalue weighted by Gasteiger charge is 2.56. The number of β-lactam (4-membered cyclic amide) rings is 1. The quantitative estimate of drug-likeness (QED) is 0.0974. The number of amides is 2. The Bertz CT molecular complexity index is 1200. The van der Waals surface area contributed by atoms with Gasteiger partial charge in [-0.15, -0.1) is 23.1 Å². The van der Waals surface area contributed by atoms with Gasteiger partial charge in [0.1, 0.15) is 30.8 Å². The van der Waals surface area contributed by atoms with Gasteiger partial charge in [0.25, 0.3) is 5.91 Å². The molecule has 0 aromatic carbocycles. The van der Waals surface area contributed by atoms with E-state index in [2.05, 4.69) is 15.5 Å². The van der Waals surface area contributed by atoms with E-state index in [0.29, 0.717) is 0 Å². The second kappa shape index (κ2) is 12.8. The highest BCUT2D eigenvalue weighted by Crippen LogP contribution is 2.40. The van der Waals surface area contributed by atoms with Crippen molar-refractivity contribution >= 4 is 63.9 Å². The van der Waals surface area contributed by atoms with Crippen molar-refractivity contribution in [2.45, 2.75) is 57.5 Å². The zero-order chi connectivity index (χ0) is 28.9. The van der Waals surface area contributed by atoms with E-state index in [0.717, 1.165) is 23.1 Å². The third-order valence-corrected chi connectivity index (χ3v) is 6.95. The summed E-state index contributed by atoms with van der Waals surface area (Å²) in [6.07, 6.45) is -2.85. The van der Waals surface area contributed by atoms with Crippen LogP contribution in [0.15, 0.2) is 21.5 Å². The van der Waals surface area contributed by atoms with Crippen LogP contribution in [0.25, 0.3) is 0 Å². The summed E-state index contributed by atoms with van der Waals surface area (Å²) >= 11 is 2.22. The molecule has 1 aromatic heterocycles. The second-order valence-corrected chi connectivity index (χ2v) is 10.2. The predicted octanol–water partition coefficient (Wildman–Crippen LogP) is 0.742. The first-order valence-electron chi connectivity index (χ1n) is 11.4. The largest absolute Gasteiger partial charge is 0.511 e. The number of anilines is 1. The van der Waals surface area contributed by atoms with Gasteiger partial charge in [-0.05, 0) is 19.3 Å². The van der Waals surface area contributed by atoms with E-state index in [1.807, 2.05) is 0 Å². The van der Waals surface area contributed by atoms with E-state index < -0.39 is 59.8 Å². The molecule has 2 unspecified atom stereocenters. The number of hydrogen-bond acceptors (Lipinski definition) is 15. The van der Waals surface area contributed by atoms with Crippen LogP contribution in [0.3, 0.4) is 0 Å². The second-order valence-electron chi connectivity index (χ2n) is 8.33. The Morgan fingerprint density at radius 3 is 2.51 bits per heavy atom. The fraction of sp³-hybridized carbons (Fsp3) is 0.500. The highest BCUT2D eigenvalue weighted by molar-refractivity contribution is 8.03. The van der Waals surface area contributed by atoms with Gasteiger partial charge in [-0.25, -0.2) is 14.6 Å². The Hall–Kier alpha value is -3.86. The highest BCUT2D eigenvalue weighted by atomic mass is 32.2. The van der Waals surface area contributed by atoms with Crippen molar-refractivity contribution in [2.75, 3.05) is 19.5 Å². The molecular formula is C22H27N5O10S2. The molecule has 2 aliphatic heterocycles. The lowest BCUT2D eigenvalue weighted by Crippen LogP contribution is -2.74. The third-order valence-electron chi connectivity index (χ3n) is 5.06. The zero-order valence-corrected chi connectivity index (χ0v) is 23.2. The van der Waals surface area contributed by atoms with Crippen molar-refractivity contribution in [2.24, 2.45) is 5.16 Å². The summed E-state index contributed by atoms with van der Waals surface area (Å²) in [4.78, 5) is 72.3. The van der Waals surface area contributed by atoms with E-state index in [1.54, 1.807) is 19.3 Å². The minimum Gasteiger partial charge on any atom is -0.461 e. The van der Waals surface area contributed by atoms with E-state index in [1.165, 1.54) is 31.2 Å². The molecule has 2 amide bonds. The summed E-state index contributed by atoms with van der Waals surface area (Å²) in [5, 5.41) is 8.82. The summed E-state index contributed by atoms with van der Waals surface area (Å²) in [6, 6.07) is -2.36. The van der Waals surface area contributed by atoms with E-state index in [-0.39, 0.29) is 28.7 Å². The Morgan fingerprint density at radius 2 is 1.92 bits per heavy atom. The van der Waals surface area contributed by atoms with Crippen LogP contribution >= 0.6 is 23.1 Å². The van der Waals surface area contributed by atoms with Gasteiger partial charge in [0.2, 0.25) is 12.2 Å². The summed E-state index contributed by atoms with van der Waals surface area (Å²) < 4.78 is 20.0. The number of esters is 2. The number of rotatable bonds is 10. The number of thioether (sulfide) groups is 1. The Morgan fingerprint density at radius 1 is 1.21 bits per heavy atom. The summed E-state index contributed by atoms with van der Waals surface area (Å²) in [5.74, 6) is -2.91. The molecule has 212 valence electrons. The standard InChI is InChI=1S/C22H27N5O10S2/c1-9(2)35-22(32)37-11(4)36-20(31)16-12(6-34-10(3)28)7-38-19-15(18(30)27(16)19)25-17(29)14(26-33-5)13-8-39-21(23)24-13/h7-9,11,15-16,19H,6H2,1-5H3,(H2,23,24)(H,25,29)/b26-14-/t11?,15-,16?,19-/m1/s1. The molecule has 1 fully saturated rings. The summed E-state index contributed by atoms with van der Waals surface area (Å²) in [6.45, 7) is 5.43. The van der Waals surface area contributed by atoms with Crippen LogP contribution < -0.4 is 11.1 Å².